The second kappa shape index (κ2) is 7.87. The van der Waals surface area contributed by atoms with E-state index in [1.54, 1.807) is 11.0 Å². The summed E-state index contributed by atoms with van der Waals surface area (Å²) in [5, 5.41) is 2.91. The highest BCUT2D eigenvalue weighted by Crippen LogP contribution is 2.26. The van der Waals surface area contributed by atoms with Crippen LogP contribution in [0.5, 0.6) is 0 Å². The summed E-state index contributed by atoms with van der Waals surface area (Å²) in [5.74, 6) is 0.590. The molecule has 0 radical (unpaired) electrons. The molecule has 3 rings (SSSR count). The third-order valence-corrected chi connectivity index (χ3v) is 4.19. The number of rotatable bonds is 3. The van der Waals surface area contributed by atoms with Crippen LogP contribution < -0.4 is 16.0 Å². The van der Waals surface area contributed by atoms with Gasteiger partial charge in [0.25, 0.3) is 0 Å². The number of nitrogens with two attached hydrogens (primary N) is 1. The largest absolute Gasteiger partial charge is 0.444 e. The Morgan fingerprint density at radius 3 is 2.57 bits per heavy atom. The molecule has 0 aromatic carbocycles. The number of aromatic nitrogens is 2. The lowest BCUT2D eigenvalue weighted by Gasteiger charge is -2.36. The molecule has 1 aliphatic rings. The van der Waals surface area contributed by atoms with Gasteiger partial charge in [-0.1, -0.05) is 0 Å². The molecule has 0 unspecified atom stereocenters. The zero-order valence-corrected chi connectivity index (χ0v) is 16.3. The Morgan fingerprint density at radius 2 is 1.93 bits per heavy atom. The monoisotopic (exact) mass is 388 g/mol. The minimum absolute atomic E-state index is 0.251. The number of nitrogen functional groups attached to an aromatic ring is 1. The second-order valence-corrected chi connectivity index (χ2v) is 7.54. The Labute approximate surface area is 163 Å². The summed E-state index contributed by atoms with van der Waals surface area (Å²) in [6.07, 6.45) is 2.30. The molecular weight excluding hydrogens is 363 g/mol. The van der Waals surface area contributed by atoms with Crippen molar-refractivity contribution in [2.24, 2.45) is 0 Å². The number of hydrogen-bond donors (Lipinski definition) is 2. The van der Waals surface area contributed by atoms with E-state index in [0.717, 1.165) is 6.20 Å². The average molecular weight is 388 g/mol. The average Bonchev–Trinajstić information content (AvgIpc) is 2.64. The van der Waals surface area contributed by atoms with Gasteiger partial charge in [0.2, 0.25) is 0 Å². The fourth-order valence-corrected chi connectivity index (χ4v) is 2.78. The first-order chi connectivity index (χ1) is 13.2. The molecule has 3 heterocycles. The highest BCUT2D eigenvalue weighted by atomic mass is 19.1. The molecule has 9 heteroatoms. The molecule has 28 heavy (non-hydrogen) atoms. The number of ether oxygens (including phenoxy) is 1. The molecule has 0 spiro atoms. The van der Waals surface area contributed by atoms with Crippen molar-refractivity contribution in [3.63, 3.8) is 0 Å². The Bertz CT molecular complexity index is 847. The van der Waals surface area contributed by atoms with Crippen molar-refractivity contribution >= 4 is 29.1 Å². The van der Waals surface area contributed by atoms with E-state index in [-0.39, 0.29) is 11.8 Å². The Balaban J connectivity index is 1.67. The van der Waals surface area contributed by atoms with Crippen molar-refractivity contribution in [1.82, 2.24) is 14.9 Å². The maximum atomic E-state index is 13.8. The van der Waals surface area contributed by atoms with Crippen molar-refractivity contribution in [2.75, 3.05) is 42.1 Å². The van der Waals surface area contributed by atoms with Crippen LogP contribution in [-0.2, 0) is 4.74 Å². The van der Waals surface area contributed by atoms with Crippen molar-refractivity contribution < 1.29 is 13.9 Å². The lowest BCUT2D eigenvalue weighted by Crippen LogP contribution is -2.50. The first-order valence-electron chi connectivity index (χ1n) is 9.09. The Hall–Kier alpha value is -3.10. The maximum Gasteiger partial charge on any atom is 0.410 e. The van der Waals surface area contributed by atoms with Crippen LogP contribution in [-0.4, -0.2) is 52.7 Å². The molecule has 1 saturated heterocycles. The highest BCUT2D eigenvalue weighted by molar-refractivity contribution is 5.71. The molecule has 1 amide bonds. The van der Waals surface area contributed by atoms with Gasteiger partial charge in [0.05, 0.1) is 17.6 Å². The molecule has 0 bridgehead atoms. The van der Waals surface area contributed by atoms with E-state index < -0.39 is 11.4 Å². The topological polar surface area (TPSA) is 96.6 Å². The molecule has 8 nitrogen and oxygen atoms in total. The first kappa shape index (κ1) is 19.7. The van der Waals surface area contributed by atoms with E-state index >= 15 is 0 Å². The van der Waals surface area contributed by atoms with E-state index in [1.165, 1.54) is 12.3 Å². The second-order valence-electron chi connectivity index (χ2n) is 7.54. The molecule has 2 aromatic heterocycles. The van der Waals surface area contributed by atoms with Crippen molar-refractivity contribution in [1.29, 1.82) is 0 Å². The zero-order valence-electron chi connectivity index (χ0n) is 16.3. The van der Waals surface area contributed by atoms with Gasteiger partial charge in [-0.3, -0.25) is 4.98 Å². The molecule has 0 saturated carbocycles. The zero-order chi connectivity index (χ0) is 20.3. The number of piperazine rings is 1. The third-order valence-electron chi connectivity index (χ3n) is 4.19. The summed E-state index contributed by atoms with van der Waals surface area (Å²) in [5.41, 5.74) is 6.13. The molecule has 1 fully saturated rings. The van der Waals surface area contributed by atoms with Crippen molar-refractivity contribution in [3.8, 4) is 0 Å². The maximum absolute atomic E-state index is 13.8. The Morgan fingerprint density at radius 1 is 1.21 bits per heavy atom. The lowest BCUT2D eigenvalue weighted by molar-refractivity contribution is 0.0240. The van der Waals surface area contributed by atoms with Gasteiger partial charge in [-0.05, 0) is 39.0 Å². The standard InChI is InChI=1S/C19H25FN6O2/c1-19(2,3)28-18(27)26-10-8-25(9-11-26)16-5-4-14(21)17(24-16)23-15-6-7-22-12-13(15)20/h4-7,12H,8-11,21H2,1-3H3,(H,22,23,24). The molecule has 3 N–H and O–H groups in total. The highest BCUT2D eigenvalue weighted by Gasteiger charge is 2.26. The number of halogens is 1. The van der Waals surface area contributed by atoms with Crippen LogP contribution in [0.4, 0.5) is 32.2 Å². The predicted octanol–water partition coefficient (Wildman–Crippen LogP) is 3.00. The number of amides is 1. The first-order valence-corrected chi connectivity index (χ1v) is 9.09. The van der Waals surface area contributed by atoms with Crippen LogP contribution >= 0.6 is 0 Å². The molecule has 0 atom stereocenters. The van der Waals surface area contributed by atoms with Crippen LogP contribution in [0.15, 0.2) is 30.6 Å². The number of nitrogens with zero attached hydrogens (tertiary/aromatic N) is 4. The number of nitrogens with one attached hydrogen (secondary N) is 1. The van der Waals surface area contributed by atoms with E-state index in [1.807, 2.05) is 31.7 Å². The van der Waals surface area contributed by atoms with Gasteiger partial charge in [0, 0.05) is 32.4 Å². The third kappa shape index (κ3) is 4.79. The summed E-state index contributed by atoms with van der Waals surface area (Å²) >= 11 is 0. The predicted molar refractivity (Wildman–Crippen MR) is 106 cm³/mol. The van der Waals surface area contributed by atoms with Crippen LogP contribution in [0, 0.1) is 5.82 Å². The fraction of sp³-hybridized carbons (Fsp3) is 0.421. The van der Waals surface area contributed by atoms with Crippen molar-refractivity contribution in [2.45, 2.75) is 26.4 Å². The summed E-state index contributed by atoms with van der Waals surface area (Å²) in [6, 6.07) is 5.05. The molecular formula is C19H25FN6O2. The van der Waals surface area contributed by atoms with Crippen LogP contribution in [0.2, 0.25) is 0 Å². The summed E-state index contributed by atoms with van der Waals surface area (Å²) < 4.78 is 19.3. The molecule has 0 aliphatic carbocycles. The van der Waals surface area contributed by atoms with E-state index in [9.17, 15) is 9.18 Å². The van der Waals surface area contributed by atoms with E-state index in [2.05, 4.69) is 15.3 Å². The van der Waals surface area contributed by atoms with Gasteiger partial charge in [0.15, 0.2) is 11.6 Å². The smallest absolute Gasteiger partial charge is 0.410 e. The van der Waals surface area contributed by atoms with Crippen LogP contribution in [0.1, 0.15) is 20.8 Å². The number of hydrogen-bond acceptors (Lipinski definition) is 7. The number of carbonyl (C=O) groups is 1. The van der Waals surface area contributed by atoms with Crippen LogP contribution in [0.25, 0.3) is 0 Å². The quantitative estimate of drug-likeness (QED) is 0.834. The van der Waals surface area contributed by atoms with E-state index in [0.29, 0.717) is 43.5 Å². The van der Waals surface area contributed by atoms with Gasteiger partial charge in [-0.2, -0.15) is 0 Å². The molecule has 1 aliphatic heterocycles. The van der Waals surface area contributed by atoms with Gasteiger partial charge in [-0.25, -0.2) is 14.2 Å². The van der Waals surface area contributed by atoms with Crippen LogP contribution in [0.3, 0.4) is 0 Å². The van der Waals surface area contributed by atoms with Gasteiger partial charge in [-0.15, -0.1) is 0 Å². The minimum atomic E-state index is -0.518. The van der Waals surface area contributed by atoms with Gasteiger partial charge in [0.1, 0.15) is 11.4 Å². The van der Waals surface area contributed by atoms with Crippen molar-refractivity contribution in [3.05, 3.63) is 36.4 Å². The normalized spacial score (nSPS) is 14.7. The minimum Gasteiger partial charge on any atom is -0.444 e. The van der Waals surface area contributed by atoms with Gasteiger partial charge >= 0.3 is 6.09 Å². The summed E-state index contributed by atoms with van der Waals surface area (Å²) in [4.78, 5) is 24.2. The molecule has 150 valence electrons. The summed E-state index contributed by atoms with van der Waals surface area (Å²) in [7, 11) is 0. The fourth-order valence-electron chi connectivity index (χ4n) is 2.78. The summed E-state index contributed by atoms with van der Waals surface area (Å²) in [6.45, 7) is 7.82. The number of pyridine rings is 2. The molecule has 2 aromatic rings. The number of anilines is 4. The number of carbonyl (C=O) groups excluding carboxylic acids is 1. The Kier molecular flexibility index (Phi) is 5.53. The lowest BCUT2D eigenvalue weighted by atomic mass is 10.2. The SMILES string of the molecule is CC(C)(C)OC(=O)N1CCN(c2ccc(N)c(Nc3ccncc3F)n2)CC1. The van der Waals surface area contributed by atoms with E-state index in [4.69, 9.17) is 10.5 Å². The van der Waals surface area contributed by atoms with Gasteiger partial charge < -0.3 is 25.6 Å².